The van der Waals surface area contributed by atoms with Crippen LogP contribution >= 0.6 is 0 Å². The van der Waals surface area contributed by atoms with Crippen molar-refractivity contribution in [3.63, 3.8) is 0 Å². The van der Waals surface area contributed by atoms with Gasteiger partial charge in [-0.3, -0.25) is 0 Å². The Morgan fingerprint density at radius 1 is 0.500 bits per heavy atom. The van der Waals surface area contributed by atoms with E-state index in [2.05, 4.69) is 144 Å². The number of nitrogens with zero attached hydrogens (tertiary/aromatic N) is 2. The van der Waals surface area contributed by atoms with E-state index in [4.69, 9.17) is 9.97 Å². The van der Waals surface area contributed by atoms with E-state index < -0.39 is 0 Å². The van der Waals surface area contributed by atoms with Gasteiger partial charge in [0.25, 0.3) is 0 Å². The Morgan fingerprint density at radius 3 is 1.42 bits per heavy atom. The summed E-state index contributed by atoms with van der Waals surface area (Å²) in [6, 6.07) is 30.0. The Kier molecular flexibility index (Phi) is 10.5. The number of anilines is 2. The molecule has 0 spiro atoms. The number of H-pyrrole nitrogens is 2. The molecule has 4 N–H and O–H groups in total. The van der Waals surface area contributed by atoms with Gasteiger partial charge in [-0.15, -0.1) is 0 Å². The Bertz CT molecular complexity index is 2010. The van der Waals surface area contributed by atoms with E-state index in [1.165, 1.54) is 38.5 Å². The molecule has 0 saturated heterocycles. The quantitative estimate of drug-likeness (QED) is 0.0875. The van der Waals surface area contributed by atoms with Crippen molar-refractivity contribution in [3.8, 4) is 22.3 Å². The molecule has 0 aliphatic carbocycles. The number of fused-ring (bicyclic) bond motifs is 8. The molecular formula is C44H48N6. The lowest BCUT2D eigenvalue weighted by Crippen LogP contribution is -2.03. The molecule has 0 saturated carbocycles. The van der Waals surface area contributed by atoms with Gasteiger partial charge in [-0.25, -0.2) is 9.97 Å². The van der Waals surface area contributed by atoms with Crippen LogP contribution in [0.1, 0.15) is 88.0 Å². The zero-order chi connectivity index (χ0) is 34.1. The fourth-order valence-corrected chi connectivity index (χ4v) is 6.90. The van der Waals surface area contributed by atoms with Crippen LogP contribution in [0.15, 0.2) is 84.9 Å². The van der Waals surface area contributed by atoms with Crippen molar-refractivity contribution in [2.75, 3.05) is 23.7 Å². The zero-order valence-electron chi connectivity index (χ0n) is 29.4. The topological polar surface area (TPSA) is 81.4 Å². The highest BCUT2D eigenvalue weighted by molar-refractivity contribution is 5.97. The lowest BCUT2D eigenvalue weighted by molar-refractivity contribution is 0.685. The van der Waals surface area contributed by atoms with Crippen molar-refractivity contribution >= 4 is 57.7 Å². The van der Waals surface area contributed by atoms with E-state index in [0.29, 0.717) is 0 Å². The molecule has 3 aromatic heterocycles. The number of rotatable bonds is 14. The first-order valence-electron chi connectivity index (χ1n) is 18.5. The lowest BCUT2D eigenvalue weighted by Gasteiger charge is -2.13. The fraction of sp³-hybridized carbons (Fsp3) is 0.273. The van der Waals surface area contributed by atoms with E-state index in [1.807, 2.05) is 0 Å². The second-order valence-electron chi connectivity index (χ2n) is 13.3. The number of para-hydroxylation sites is 2. The molecule has 5 heterocycles. The maximum Gasteiger partial charge on any atom is 0.0737 e. The number of aromatic amines is 2. The molecule has 2 aliphatic rings. The van der Waals surface area contributed by atoms with Crippen molar-refractivity contribution in [1.82, 2.24) is 19.9 Å². The molecule has 0 radical (unpaired) electrons. The largest absolute Gasteiger partial charge is 0.385 e. The third-order valence-electron chi connectivity index (χ3n) is 9.48. The summed E-state index contributed by atoms with van der Waals surface area (Å²) in [4.78, 5) is 17.8. The number of hydrogen-bond acceptors (Lipinski definition) is 4. The summed E-state index contributed by atoms with van der Waals surface area (Å²) >= 11 is 0. The molecule has 0 fully saturated rings. The third-order valence-corrected chi connectivity index (χ3v) is 9.48. The lowest BCUT2D eigenvalue weighted by atomic mass is 10.0. The molecular weight excluding hydrogens is 613 g/mol. The average molecular weight is 661 g/mol. The number of unbranched alkanes of at least 4 members (excludes halogenated alkanes) is 6. The van der Waals surface area contributed by atoms with Gasteiger partial charge in [-0.05, 0) is 85.7 Å². The van der Waals surface area contributed by atoms with Crippen molar-refractivity contribution in [1.29, 1.82) is 0 Å². The molecule has 8 bridgehead atoms. The van der Waals surface area contributed by atoms with Crippen LogP contribution < -0.4 is 10.6 Å². The summed E-state index contributed by atoms with van der Waals surface area (Å²) in [6.45, 7) is 6.39. The monoisotopic (exact) mass is 660 g/mol. The number of benzene rings is 2. The van der Waals surface area contributed by atoms with Crippen molar-refractivity contribution in [3.05, 3.63) is 108 Å². The molecule has 5 aromatic rings. The maximum atomic E-state index is 5.18. The molecule has 0 amide bonds. The summed E-state index contributed by atoms with van der Waals surface area (Å²) < 4.78 is 0. The van der Waals surface area contributed by atoms with E-state index in [1.54, 1.807) is 0 Å². The van der Waals surface area contributed by atoms with Crippen LogP contribution in [0, 0.1) is 0 Å². The minimum absolute atomic E-state index is 0.908. The Hall–Kier alpha value is -5.36. The maximum absolute atomic E-state index is 5.18. The Balaban J connectivity index is 1.37. The van der Waals surface area contributed by atoms with Crippen molar-refractivity contribution in [2.45, 2.75) is 65.2 Å². The normalized spacial score (nSPS) is 12.0. The predicted octanol–water partition coefficient (Wildman–Crippen LogP) is 12.0. The van der Waals surface area contributed by atoms with Gasteiger partial charge < -0.3 is 20.6 Å². The average Bonchev–Trinajstić information content (AvgIpc) is 3.97. The van der Waals surface area contributed by atoms with Gasteiger partial charge in [0.2, 0.25) is 0 Å². The van der Waals surface area contributed by atoms with Crippen LogP contribution in [-0.2, 0) is 0 Å². The minimum Gasteiger partial charge on any atom is -0.385 e. The minimum atomic E-state index is 0.908. The van der Waals surface area contributed by atoms with E-state index in [0.717, 1.165) is 104 Å². The van der Waals surface area contributed by atoms with Crippen LogP contribution in [0.5, 0.6) is 0 Å². The molecule has 6 heteroatoms. The second-order valence-corrected chi connectivity index (χ2v) is 13.3. The van der Waals surface area contributed by atoms with Gasteiger partial charge in [0.15, 0.2) is 0 Å². The molecule has 2 aromatic carbocycles. The van der Waals surface area contributed by atoms with Gasteiger partial charge in [0.05, 0.1) is 22.8 Å². The van der Waals surface area contributed by atoms with Gasteiger partial charge in [0, 0.05) is 68.8 Å². The second kappa shape index (κ2) is 15.9. The van der Waals surface area contributed by atoms with Crippen LogP contribution in [0.25, 0.3) is 68.6 Å². The van der Waals surface area contributed by atoms with Crippen LogP contribution in [0.2, 0.25) is 0 Å². The Morgan fingerprint density at radius 2 is 0.960 bits per heavy atom. The first-order chi connectivity index (χ1) is 24.7. The molecule has 2 aliphatic heterocycles. The number of hydrogen-bond donors (Lipinski definition) is 4. The first-order valence-corrected chi connectivity index (χ1v) is 18.5. The van der Waals surface area contributed by atoms with Gasteiger partial charge in [-0.1, -0.05) is 88.8 Å². The SMILES string of the molecule is CCCCCCNc1ccccc1-c1c2nc(cc3ccc([nH]3)c(-c3ccccc3NCCCCCC)c3nc(cc4ccc1[nH]4)C=C3)C=C2. The van der Waals surface area contributed by atoms with Crippen LogP contribution in [-0.4, -0.2) is 33.0 Å². The van der Waals surface area contributed by atoms with Crippen molar-refractivity contribution in [2.24, 2.45) is 0 Å². The van der Waals surface area contributed by atoms with E-state index >= 15 is 0 Å². The zero-order valence-corrected chi connectivity index (χ0v) is 29.4. The molecule has 6 nitrogen and oxygen atoms in total. The standard InChI is InChI=1S/C44H48N6/c1-3-5-7-13-27-45-37-17-11-9-15-35(37)43-39-23-19-31(47-39)29-33-21-25-41(49-33)44(36-16-10-12-18-38(36)46-28-14-8-6-4-2)42-26-22-34(50-42)30-32-20-24-40(43)48-32/h9-12,15-26,29-30,45-47,50H,3-8,13-14,27-28H2,1-2H3. The molecule has 0 unspecified atom stereocenters. The fourth-order valence-electron chi connectivity index (χ4n) is 6.90. The summed E-state index contributed by atoms with van der Waals surface area (Å²) in [5, 5.41) is 7.46. The van der Waals surface area contributed by atoms with Crippen LogP contribution in [0.4, 0.5) is 11.4 Å². The molecule has 0 atom stereocenters. The highest BCUT2D eigenvalue weighted by Gasteiger charge is 2.16. The number of aromatic nitrogens is 4. The molecule has 50 heavy (non-hydrogen) atoms. The highest BCUT2D eigenvalue weighted by Crippen LogP contribution is 2.37. The molecule has 254 valence electrons. The first kappa shape index (κ1) is 33.2. The molecule has 7 rings (SSSR count). The predicted molar refractivity (Wildman–Crippen MR) is 215 cm³/mol. The van der Waals surface area contributed by atoms with Gasteiger partial charge in [-0.2, -0.15) is 0 Å². The van der Waals surface area contributed by atoms with Crippen molar-refractivity contribution < 1.29 is 0 Å². The summed E-state index contributed by atoms with van der Waals surface area (Å²) in [5.74, 6) is 0. The smallest absolute Gasteiger partial charge is 0.0737 e. The Labute approximate surface area is 295 Å². The number of nitrogens with one attached hydrogen (secondary N) is 4. The summed E-state index contributed by atoms with van der Waals surface area (Å²) in [5.41, 5.74) is 14.4. The third kappa shape index (κ3) is 7.60. The summed E-state index contributed by atoms with van der Waals surface area (Å²) in [6.07, 6.45) is 18.3. The van der Waals surface area contributed by atoms with Gasteiger partial charge >= 0.3 is 0 Å². The highest BCUT2D eigenvalue weighted by atomic mass is 14.9. The summed E-state index contributed by atoms with van der Waals surface area (Å²) in [7, 11) is 0. The van der Waals surface area contributed by atoms with E-state index in [-0.39, 0.29) is 0 Å². The van der Waals surface area contributed by atoms with Gasteiger partial charge in [0.1, 0.15) is 0 Å². The van der Waals surface area contributed by atoms with E-state index in [9.17, 15) is 0 Å². The van der Waals surface area contributed by atoms with Crippen LogP contribution in [0.3, 0.4) is 0 Å².